The fraction of sp³-hybridized carbons (Fsp3) is 0.0769. The molecule has 19 heavy (non-hydrogen) atoms. The highest BCUT2D eigenvalue weighted by Crippen LogP contribution is 2.22. The Labute approximate surface area is 108 Å². The average Bonchev–Trinajstić information content (AvgIpc) is 2.86. The maximum absolute atomic E-state index is 12.0. The van der Waals surface area contributed by atoms with Crippen LogP contribution in [0.2, 0.25) is 0 Å². The first-order valence-electron chi connectivity index (χ1n) is 5.77. The summed E-state index contributed by atoms with van der Waals surface area (Å²) >= 11 is 0. The zero-order valence-electron chi connectivity index (χ0n) is 10.2. The van der Waals surface area contributed by atoms with Crippen molar-refractivity contribution in [2.45, 2.75) is 6.92 Å². The van der Waals surface area contributed by atoms with Crippen molar-refractivity contribution >= 4 is 22.4 Å². The van der Waals surface area contributed by atoms with E-state index in [9.17, 15) is 4.79 Å². The number of carbonyl (C=O) groups excluding carboxylic acids is 1. The molecule has 0 aliphatic heterocycles. The van der Waals surface area contributed by atoms with Crippen molar-refractivity contribution in [3.8, 4) is 0 Å². The van der Waals surface area contributed by atoms with Gasteiger partial charge >= 0.3 is 0 Å². The molecule has 0 unspecified atom stereocenters. The van der Waals surface area contributed by atoms with Gasteiger partial charge in [-0.1, -0.05) is 12.1 Å². The van der Waals surface area contributed by atoms with Crippen LogP contribution in [-0.2, 0) is 0 Å². The minimum atomic E-state index is -0.347. The van der Waals surface area contributed by atoms with Gasteiger partial charge in [-0.25, -0.2) is 4.98 Å². The van der Waals surface area contributed by atoms with Gasteiger partial charge in [0.2, 0.25) is 5.82 Å². The van der Waals surface area contributed by atoms with Crippen LogP contribution < -0.4 is 5.32 Å². The Morgan fingerprint density at radius 3 is 3.00 bits per heavy atom. The molecule has 6 heteroatoms. The van der Waals surface area contributed by atoms with Gasteiger partial charge in [0.25, 0.3) is 5.91 Å². The number of aromatic nitrogens is 4. The van der Waals surface area contributed by atoms with Gasteiger partial charge in [-0.05, 0) is 24.4 Å². The van der Waals surface area contributed by atoms with Gasteiger partial charge in [-0.3, -0.25) is 14.9 Å². The van der Waals surface area contributed by atoms with E-state index in [1.807, 2.05) is 24.3 Å². The lowest BCUT2D eigenvalue weighted by molar-refractivity contribution is 0.101. The first-order valence-corrected chi connectivity index (χ1v) is 5.77. The SMILES string of the molecule is Cc1nc(C(=O)Nc2cccc3ccncc23)n[nH]1. The van der Waals surface area contributed by atoms with E-state index in [1.54, 1.807) is 19.3 Å². The molecule has 0 atom stereocenters. The van der Waals surface area contributed by atoms with Crippen molar-refractivity contribution in [3.05, 3.63) is 48.3 Å². The number of hydrogen-bond acceptors (Lipinski definition) is 4. The zero-order valence-corrected chi connectivity index (χ0v) is 10.2. The van der Waals surface area contributed by atoms with Crippen molar-refractivity contribution in [2.24, 2.45) is 0 Å². The minimum Gasteiger partial charge on any atom is -0.319 e. The summed E-state index contributed by atoms with van der Waals surface area (Å²) in [6, 6.07) is 7.55. The van der Waals surface area contributed by atoms with E-state index < -0.39 is 0 Å². The standard InChI is InChI=1S/C13H11N5O/c1-8-15-12(18-17-8)13(19)16-11-4-2-3-9-5-6-14-7-10(9)11/h2-7H,1H3,(H,16,19)(H,15,17,18). The fourth-order valence-corrected chi connectivity index (χ4v) is 1.84. The summed E-state index contributed by atoms with van der Waals surface area (Å²) < 4.78 is 0. The molecule has 3 aromatic rings. The Morgan fingerprint density at radius 2 is 2.21 bits per heavy atom. The van der Waals surface area contributed by atoms with Gasteiger partial charge in [0.15, 0.2) is 0 Å². The van der Waals surface area contributed by atoms with E-state index >= 15 is 0 Å². The highest BCUT2D eigenvalue weighted by Gasteiger charge is 2.12. The van der Waals surface area contributed by atoms with Gasteiger partial charge in [0, 0.05) is 17.8 Å². The van der Waals surface area contributed by atoms with Gasteiger partial charge < -0.3 is 5.32 Å². The average molecular weight is 253 g/mol. The van der Waals surface area contributed by atoms with Crippen molar-refractivity contribution < 1.29 is 4.79 Å². The number of hydrogen-bond donors (Lipinski definition) is 2. The summed E-state index contributed by atoms with van der Waals surface area (Å²) in [6.45, 7) is 1.74. The molecule has 6 nitrogen and oxygen atoms in total. The van der Waals surface area contributed by atoms with Crippen LogP contribution in [0.25, 0.3) is 10.8 Å². The van der Waals surface area contributed by atoms with Crippen molar-refractivity contribution in [2.75, 3.05) is 5.32 Å². The monoisotopic (exact) mass is 253 g/mol. The van der Waals surface area contributed by atoms with Crippen molar-refractivity contribution in [3.63, 3.8) is 0 Å². The number of aromatic amines is 1. The number of anilines is 1. The Hall–Kier alpha value is -2.76. The second kappa shape index (κ2) is 4.49. The lowest BCUT2D eigenvalue weighted by atomic mass is 10.1. The zero-order chi connectivity index (χ0) is 13.2. The molecule has 2 N–H and O–H groups in total. The molecule has 3 rings (SSSR count). The Kier molecular flexibility index (Phi) is 2.68. The van der Waals surface area contributed by atoms with E-state index in [-0.39, 0.29) is 11.7 Å². The highest BCUT2D eigenvalue weighted by molar-refractivity contribution is 6.07. The predicted molar refractivity (Wildman–Crippen MR) is 70.8 cm³/mol. The van der Waals surface area contributed by atoms with Crippen LogP contribution >= 0.6 is 0 Å². The third-order valence-electron chi connectivity index (χ3n) is 2.73. The second-order valence-corrected chi connectivity index (χ2v) is 4.10. The van der Waals surface area contributed by atoms with Crippen molar-refractivity contribution in [1.29, 1.82) is 0 Å². The lowest BCUT2D eigenvalue weighted by Gasteiger charge is -2.06. The number of carbonyl (C=O) groups is 1. The Balaban J connectivity index is 1.95. The molecule has 94 valence electrons. The van der Waals surface area contributed by atoms with Crippen LogP contribution in [0.3, 0.4) is 0 Å². The molecule has 0 saturated heterocycles. The number of nitrogens with zero attached hydrogens (tertiary/aromatic N) is 3. The van der Waals surface area contributed by atoms with E-state index in [2.05, 4.69) is 25.5 Å². The number of nitrogens with one attached hydrogen (secondary N) is 2. The molecule has 0 aliphatic rings. The molecular weight excluding hydrogens is 242 g/mol. The molecule has 0 bridgehead atoms. The van der Waals surface area contributed by atoms with E-state index in [4.69, 9.17) is 0 Å². The number of aryl methyl sites for hydroxylation is 1. The molecule has 0 radical (unpaired) electrons. The predicted octanol–water partition coefficient (Wildman–Crippen LogP) is 1.91. The maximum Gasteiger partial charge on any atom is 0.295 e. The molecular formula is C13H11N5O. The summed E-state index contributed by atoms with van der Waals surface area (Å²) in [4.78, 5) is 20.1. The van der Waals surface area contributed by atoms with Crippen molar-refractivity contribution in [1.82, 2.24) is 20.2 Å². The topological polar surface area (TPSA) is 83.6 Å². The fourth-order valence-electron chi connectivity index (χ4n) is 1.84. The largest absolute Gasteiger partial charge is 0.319 e. The number of benzene rings is 1. The molecule has 0 spiro atoms. The van der Waals surface area contributed by atoms with Crippen LogP contribution in [-0.4, -0.2) is 26.1 Å². The van der Waals surface area contributed by atoms with Crippen LogP contribution in [0, 0.1) is 6.92 Å². The summed E-state index contributed by atoms with van der Waals surface area (Å²) in [5, 5.41) is 11.2. The highest BCUT2D eigenvalue weighted by atomic mass is 16.2. The molecule has 0 saturated carbocycles. The number of rotatable bonds is 2. The summed E-state index contributed by atoms with van der Waals surface area (Å²) in [6.07, 6.45) is 3.43. The van der Waals surface area contributed by atoms with Gasteiger partial charge in [0.1, 0.15) is 5.82 Å². The summed E-state index contributed by atoms with van der Waals surface area (Å²) in [5.74, 6) is 0.379. The Morgan fingerprint density at radius 1 is 1.32 bits per heavy atom. The van der Waals surface area contributed by atoms with Gasteiger partial charge in [0.05, 0.1) is 5.69 Å². The number of pyridine rings is 1. The Bertz CT molecular complexity index is 744. The van der Waals surface area contributed by atoms with E-state index in [1.165, 1.54) is 0 Å². The smallest absolute Gasteiger partial charge is 0.295 e. The summed E-state index contributed by atoms with van der Waals surface area (Å²) in [7, 11) is 0. The van der Waals surface area contributed by atoms with Gasteiger partial charge in [-0.2, -0.15) is 0 Å². The molecule has 2 heterocycles. The normalized spacial score (nSPS) is 10.6. The van der Waals surface area contributed by atoms with Gasteiger partial charge in [-0.15, -0.1) is 5.10 Å². The van der Waals surface area contributed by atoms with Crippen LogP contribution in [0.4, 0.5) is 5.69 Å². The first kappa shape index (κ1) is 11.3. The third kappa shape index (κ3) is 2.15. The van der Waals surface area contributed by atoms with Crippen LogP contribution in [0.5, 0.6) is 0 Å². The molecule has 0 fully saturated rings. The third-order valence-corrected chi connectivity index (χ3v) is 2.73. The van der Waals surface area contributed by atoms with Crippen LogP contribution in [0.15, 0.2) is 36.7 Å². The molecule has 2 aromatic heterocycles. The second-order valence-electron chi connectivity index (χ2n) is 4.10. The lowest BCUT2D eigenvalue weighted by Crippen LogP contribution is -2.14. The van der Waals surface area contributed by atoms with E-state index in [0.717, 1.165) is 10.8 Å². The molecule has 0 aliphatic carbocycles. The molecule has 1 amide bonds. The van der Waals surface area contributed by atoms with E-state index in [0.29, 0.717) is 11.5 Å². The van der Waals surface area contributed by atoms with Crippen LogP contribution in [0.1, 0.15) is 16.4 Å². The molecule has 1 aromatic carbocycles. The minimum absolute atomic E-state index is 0.124. The number of amides is 1. The quantitative estimate of drug-likeness (QED) is 0.730. The summed E-state index contributed by atoms with van der Waals surface area (Å²) in [5.41, 5.74) is 0.693. The first-order chi connectivity index (χ1) is 9.24. The number of H-pyrrole nitrogens is 1. The number of fused-ring (bicyclic) bond motifs is 1. The maximum atomic E-state index is 12.0.